The van der Waals surface area contributed by atoms with Crippen molar-refractivity contribution in [3.05, 3.63) is 35.4 Å². The first kappa shape index (κ1) is 12.7. The summed E-state index contributed by atoms with van der Waals surface area (Å²) in [4.78, 5) is 11.3. The number of nitrogens with one attached hydrogen (secondary N) is 1. The van der Waals surface area contributed by atoms with Crippen LogP contribution in [0.4, 0.5) is 0 Å². The van der Waals surface area contributed by atoms with Gasteiger partial charge in [0.05, 0.1) is 0 Å². The van der Waals surface area contributed by atoms with Gasteiger partial charge in [-0.25, -0.2) is 0 Å². The van der Waals surface area contributed by atoms with Gasteiger partial charge >= 0.3 is 0 Å². The number of methoxy groups -OCH3 is 1. The zero-order valence-electron chi connectivity index (χ0n) is 10.1. The molecule has 0 aliphatic carbocycles. The number of carbonyl (C=O) groups excluding carboxylic acids is 1. The topological polar surface area (TPSA) is 38.3 Å². The second kappa shape index (κ2) is 6.28. The third-order valence-corrected chi connectivity index (χ3v) is 2.47. The van der Waals surface area contributed by atoms with Crippen molar-refractivity contribution in [2.24, 2.45) is 0 Å². The molecule has 1 rings (SSSR count). The first-order valence-corrected chi connectivity index (χ1v) is 5.46. The number of rotatable bonds is 5. The maximum absolute atomic E-state index is 11.3. The van der Waals surface area contributed by atoms with E-state index in [0.29, 0.717) is 0 Å². The van der Waals surface area contributed by atoms with E-state index in [1.165, 1.54) is 18.2 Å². The van der Waals surface area contributed by atoms with Crippen LogP contribution in [0.25, 0.3) is 0 Å². The lowest BCUT2D eigenvalue weighted by atomic mass is 10.0. The molecule has 0 aliphatic heterocycles. The minimum absolute atomic E-state index is 0.0661. The molecule has 88 valence electrons. The molecule has 0 radical (unpaired) electrons. The van der Waals surface area contributed by atoms with Crippen molar-refractivity contribution in [2.75, 3.05) is 13.7 Å². The Balaban J connectivity index is 2.48. The van der Waals surface area contributed by atoms with Gasteiger partial charge in [-0.05, 0) is 31.4 Å². The van der Waals surface area contributed by atoms with E-state index in [2.05, 4.69) is 24.4 Å². The predicted molar refractivity (Wildman–Crippen MR) is 64.4 cm³/mol. The summed E-state index contributed by atoms with van der Waals surface area (Å²) in [6.07, 6.45) is 0.849. The van der Waals surface area contributed by atoms with Gasteiger partial charge in [0.15, 0.2) is 0 Å². The molecule has 3 nitrogen and oxygen atoms in total. The lowest BCUT2D eigenvalue weighted by molar-refractivity contribution is -0.125. The molecule has 1 amide bonds. The fourth-order valence-corrected chi connectivity index (χ4v) is 1.67. The van der Waals surface area contributed by atoms with Crippen molar-refractivity contribution in [3.8, 4) is 0 Å². The maximum atomic E-state index is 11.3. The summed E-state index contributed by atoms with van der Waals surface area (Å²) in [6, 6.07) is 8.34. The highest BCUT2D eigenvalue weighted by atomic mass is 16.5. The van der Waals surface area contributed by atoms with Crippen LogP contribution in [0.15, 0.2) is 24.3 Å². The first-order valence-electron chi connectivity index (χ1n) is 5.46. The lowest BCUT2D eigenvalue weighted by Crippen LogP contribution is -2.36. The molecule has 1 N–H and O–H groups in total. The van der Waals surface area contributed by atoms with Crippen LogP contribution >= 0.6 is 0 Å². The molecule has 1 atom stereocenters. The molecule has 0 fully saturated rings. The summed E-state index contributed by atoms with van der Waals surface area (Å²) < 4.78 is 4.77. The van der Waals surface area contributed by atoms with Gasteiger partial charge in [0.25, 0.3) is 0 Å². The number of ether oxygens (including phenoxy) is 1. The summed E-state index contributed by atoms with van der Waals surface area (Å²) in [5.74, 6) is -0.0661. The van der Waals surface area contributed by atoms with Crippen LogP contribution in [0.2, 0.25) is 0 Å². The minimum Gasteiger partial charge on any atom is -0.375 e. The highest BCUT2D eigenvalue weighted by Crippen LogP contribution is 2.09. The van der Waals surface area contributed by atoms with Crippen LogP contribution in [0.5, 0.6) is 0 Å². The normalized spacial score (nSPS) is 12.2. The molecule has 0 saturated heterocycles. The molecule has 0 heterocycles. The quantitative estimate of drug-likeness (QED) is 0.821. The largest absolute Gasteiger partial charge is 0.375 e. The SMILES string of the molecule is COCC(=O)NC(C)Cc1ccccc1C. The zero-order chi connectivity index (χ0) is 12.0. The van der Waals surface area contributed by atoms with Gasteiger partial charge in [0.1, 0.15) is 6.61 Å². The van der Waals surface area contributed by atoms with Crippen LogP contribution < -0.4 is 5.32 Å². The summed E-state index contributed by atoms with van der Waals surface area (Å²) in [7, 11) is 1.52. The summed E-state index contributed by atoms with van der Waals surface area (Å²) >= 11 is 0. The Hall–Kier alpha value is -1.35. The average molecular weight is 221 g/mol. The predicted octanol–water partition coefficient (Wildman–Crippen LogP) is 1.69. The number of hydrogen-bond donors (Lipinski definition) is 1. The van der Waals surface area contributed by atoms with Crippen LogP contribution in [0.1, 0.15) is 18.1 Å². The van der Waals surface area contributed by atoms with Crippen molar-refractivity contribution in [3.63, 3.8) is 0 Å². The Labute approximate surface area is 96.8 Å². The monoisotopic (exact) mass is 221 g/mol. The molecule has 0 saturated carbocycles. The third-order valence-electron chi connectivity index (χ3n) is 2.47. The molecule has 1 aromatic rings. The standard InChI is InChI=1S/C13H19NO2/c1-10-6-4-5-7-12(10)8-11(2)14-13(15)9-16-3/h4-7,11H,8-9H2,1-3H3,(H,14,15). The van der Waals surface area contributed by atoms with Crippen LogP contribution in [0, 0.1) is 6.92 Å². The van der Waals surface area contributed by atoms with Crippen molar-refractivity contribution in [2.45, 2.75) is 26.3 Å². The van der Waals surface area contributed by atoms with Crippen molar-refractivity contribution in [1.29, 1.82) is 0 Å². The van der Waals surface area contributed by atoms with Gasteiger partial charge in [-0.3, -0.25) is 4.79 Å². The number of benzene rings is 1. The molecule has 16 heavy (non-hydrogen) atoms. The zero-order valence-corrected chi connectivity index (χ0v) is 10.1. The summed E-state index contributed by atoms with van der Waals surface area (Å²) in [5.41, 5.74) is 2.53. The molecule has 1 aromatic carbocycles. The van der Waals surface area contributed by atoms with E-state index in [1.807, 2.05) is 19.1 Å². The Morgan fingerprint density at radius 1 is 1.44 bits per heavy atom. The summed E-state index contributed by atoms with van der Waals surface area (Å²) in [6.45, 7) is 4.21. The second-order valence-corrected chi connectivity index (χ2v) is 4.03. The Morgan fingerprint density at radius 3 is 2.75 bits per heavy atom. The van der Waals surface area contributed by atoms with Crippen molar-refractivity contribution >= 4 is 5.91 Å². The highest BCUT2D eigenvalue weighted by Gasteiger charge is 2.08. The van der Waals surface area contributed by atoms with Crippen LogP contribution in [-0.2, 0) is 16.0 Å². The highest BCUT2D eigenvalue weighted by molar-refractivity contribution is 5.77. The van der Waals surface area contributed by atoms with Crippen LogP contribution in [0.3, 0.4) is 0 Å². The van der Waals surface area contributed by atoms with Gasteiger partial charge in [-0.1, -0.05) is 24.3 Å². The van der Waals surface area contributed by atoms with E-state index in [0.717, 1.165) is 6.42 Å². The molecule has 3 heteroatoms. The second-order valence-electron chi connectivity index (χ2n) is 4.03. The Morgan fingerprint density at radius 2 is 2.12 bits per heavy atom. The number of amides is 1. The van der Waals surface area contributed by atoms with Crippen molar-refractivity contribution < 1.29 is 9.53 Å². The molecule has 1 unspecified atom stereocenters. The number of carbonyl (C=O) groups is 1. The van der Waals surface area contributed by atoms with E-state index in [4.69, 9.17) is 4.74 Å². The molecule has 0 aromatic heterocycles. The van der Waals surface area contributed by atoms with E-state index < -0.39 is 0 Å². The molecule has 0 spiro atoms. The number of aryl methyl sites for hydroxylation is 1. The van der Waals surface area contributed by atoms with E-state index in [-0.39, 0.29) is 18.6 Å². The van der Waals surface area contributed by atoms with Gasteiger partial charge in [0, 0.05) is 13.2 Å². The fraction of sp³-hybridized carbons (Fsp3) is 0.462. The molecular weight excluding hydrogens is 202 g/mol. The van der Waals surface area contributed by atoms with Gasteiger partial charge in [-0.2, -0.15) is 0 Å². The Bertz CT molecular complexity index is 350. The lowest BCUT2D eigenvalue weighted by Gasteiger charge is -2.15. The fourth-order valence-electron chi connectivity index (χ4n) is 1.67. The average Bonchev–Trinajstić information content (AvgIpc) is 2.21. The third kappa shape index (κ3) is 4.03. The van der Waals surface area contributed by atoms with E-state index >= 15 is 0 Å². The van der Waals surface area contributed by atoms with Crippen molar-refractivity contribution in [1.82, 2.24) is 5.32 Å². The minimum atomic E-state index is -0.0661. The molecule has 0 bridgehead atoms. The molecule has 0 aliphatic rings. The molecular formula is C13H19NO2. The Kier molecular flexibility index (Phi) is 4.99. The van der Waals surface area contributed by atoms with Crippen LogP contribution in [-0.4, -0.2) is 25.7 Å². The van der Waals surface area contributed by atoms with Gasteiger partial charge in [0.2, 0.25) is 5.91 Å². The first-order chi connectivity index (χ1) is 7.63. The smallest absolute Gasteiger partial charge is 0.246 e. The van der Waals surface area contributed by atoms with E-state index in [9.17, 15) is 4.79 Å². The summed E-state index contributed by atoms with van der Waals surface area (Å²) in [5, 5.41) is 2.89. The maximum Gasteiger partial charge on any atom is 0.246 e. The number of hydrogen-bond acceptors (Lipinski definition) is 2. The van der Waals surface area contributed by atoms with Gasteiger partial charge < -0.3 is 10.1 Å². The van der Waals surface area contributed by atoms with E-state index in [1.54, 1.807) is 0 Å². The van der Waals surface area contributed by atoms with Gasteiger partial charge in [-0.15, -0.1) is 0 Å².